The van der Waals surface area contributed by atoms with Gasteiger partial charge in [-0.05, 0) is 29.2 Å². The minimum Gasteiger partial charge on any atom is -0.372 e. The zero-order chi connectivity index (χ0) is 16.4. The average molecular weight is 288 g/mol. The molecule has 1 aromatic carbocycles. The highest BCUT2D eigenvalue weighted by molar-refractivity contribution is 5.76. The van der Waals surface area contributed by atoms with E-state index in [-0.39, 0.29) is 22.9 Å². The van der Waals surface area contributed by atoms with Crippen molar-refractivity contribution in [1.82, 2.24) is 0 Å². The fraction of sp³-hybridized carbons (Fsp3) is 0.188. The van der Waals surface area contributed by atoms with Gasteiger partial charge in [0.1, 0.15) is 0 Å². The van der Waals surface area contributed by atoms with Crippen LogP contribution < -0.4 is 5.73 Å². The summed E-state index contributed by atoms with van der Waals surface area (Å²) < 4.78 is 0. The van der Waals surface area contributed by atoms with Crippen LogP contribution in [0.2, 0.25) is 0 Å². The number of carbonyl (C=O) groups excluding carboxylic acids is 1. The van der Waals surface area contributed by atoms with Gasteiger partial charge in [0.2, 0.25) is 6.41 Å². The first kappa shape index (κ1) is 18.3. The van der Waals surface area contributed by atoms with Gasteiger partial charge in [0, 0.05) is 11.6 Å². The van der Waals surface area contributed by atoms with Crippen LogP contribution in [0.4, 0.5) is 5.69 Å². The minimum absolute atomic E-state index is 0.0974. The molecule has 0 fully saturated rings. The van der Waals surface area contributed by atoms with Crippen LogP contribution in [-0.2, 0) is 4.79 Å². The Morgan fingerprint density at radius 2 is 1.95 bits per heavy atom. The zero-order valence-corrected chi connectivity index (χ0v) is 12.3. The molecular weight excluding hydrogens is 268 g/mol. The van der Waals surface area contributed by atoms with Gasteiger partial charge in [0.25, 0.3) is 5.69 Å². The molecule has 2 N–H and O–H groups in total. The van der Waals surface area contributed by atoms with Gasteiger partial charge in [-0.25, -0.2) is 0 Å². The van der Waals surface area contributed by atoms with E-state index in [9.17, 15) is 10.1 Å². The summed E-state index contributed by atoms with van der Waals surface area (Å²) in [5.41, 5.74) is 6.88. The maximum Gasteiger partial charge on any atom is 0.272 e. The Morgan fingerprint density at radius 3 is 2.33 bits per heavy atom. The lowest BCUT2D eigenvalue weighted by Crippen LogP contribution is -1.98. The molecule has 0 aromatic heterocycles. The first-order valence-corrected chi connectivity index (χ1v) is 6.32. The molecule has 0 atom stereocenters. The van der Waals surface area contributed by atoms with E-state index in [1.165, 1.54) is 0 Å². The standard InChI is InChI=1S/C15H17NO2.CH3NO/c1-5-7-12(6-2)13-8-9-15(16(17)18)14(10-13)11(3)4;2-1-3/h5-11H,1-2H2,3-4H3;1H,(H2,2,3)/b12-7+;. The lowest BCUT2D eigenvalue weighted by Gasteiger charge is -2.09. The second kappa shape index (κ2) is 9.25. The quantitative estimate of drug-likeness (QED) is 0.389. The number of benzene rings is 1. The normalized spacial score (nSPS) is 10.3. The van der Waals surface area contributed by atoms with E-state index < -0.39 is 0 Å². The van der Waals surface area contributed by atoms with Gasteiger partial charge in [0.05, 0.1) is 4.92 Å². The molecule has 0 saturated heterocycles. The summed E-state index contributed by atoms with van der Waals surface area (Å²) in [6.45, 7) is 11.3. The SMILES string of the molecule is C=C/C=C(\C=C)c1ccc([N+](=O)[O-])c(C(C)C)c1.NC=O. The molecule has 0 unspecified atom stereocenters. The zero-order valence-electron chi connectivity index (χ0n) is 12.3. The molecule has 0 saturated carbocycles. The van der Waals surface area contributed by atoms with Crippen LogP contribution in [0.25, 0.3) is 5.57 Å². The fourth-order valence-electron chi connectivity index (χ4n) is 1.77. The summed E-state index contributed by atoms with van der Waals surface area (Å²) in [6, 6.07) is 5.13. The summed E-state index contributed by atoms with van der Waals surface area (Å²) in [6.07, 6.45) is 5.47. The van der Waals surface area contributed by atoms with Crippen molar-refractivity contribution in [2.45, 2.75) is 19.8 Å². The van der Waals surface area contributed by atoms with Gasteiger partial charge in [-0.3, -0.25) is 14.9 Å². The van der Waals surface area contributed by atoms with Crippen molar-refractivity contribution < 1.29 is 9.72 Å². The number of allylic oxidation sites excluding steroid dienone is 4. The van der Waals surface area contributed by atoms with E-state index in [0.717, 1.165) is 16.7 Å². The maximum atomic E-state index is 11.0. The molecule has 0 aliphatic rings. The molecule has 5 nitrogen and oxygen atoms in total. The summed E-state index contributed by atoms with van der Waals surface area (Å²) >= 11 is 0. The lowest BCUT2D eigenvalue weighted by molar-refractivity contribution is -0.385. The first-order valence-electron chi connectivity index (χ1n) is 6.32. The van der Waals surface area contributed by atoms with Crippen LogP contribution in [0, 0.1) is 10.1 Å². The third-order valence-electron chi connectivity index (χ3n) is 2.70. The number of primary amides is 1. The van der Waals surface area contributed by atoms with Crippen molar-refractivity contribution in [3.05, 3.63) is 70.8 Å². The van der Waals surface area contributed by atoms with Crippen molar-refractivity contribution >= 4 is 17.7 Å². The van der Waals surface area contributed by atoms with Crippen LogP contribution >= 0.6 is 0 Å². The fourth-order valence-corrected chi connectivity index (χ4v) is 1.77. The highest BCUT2D eigenvalue weighted by atomic mass is 16.6. The highest BCUT2D eigenvalue weighted by Gasteiger charge is 2.17. The number of nitro benzene ring substituents is 1. The van der Waals surface area contributed by atoms with Gasteiger partial charge in [-0.15, -0.1) is 0 Å². The minimum atomic E-state index is -0.343. The molecule has 1 amide bonds. The largest absolute Gasteiger partial charge is 0.372 e. The predicted octanol–water partition coefficient (Wildman–Crippen LogP) is 3.58. The summed E-state index contributed by atoms with van der Waals surface area (Å²) in [5, 5.41) is 11.0. The Morgan fingerprint density at radius 1 is 1.38 bits per heavy atom. The molecule has 112 valence electrons. The van der Waals surface area contributed by atoms with E-state index >= 15 is 0 Å². The number of nitro groups is 1. The van der Waals surface area contributed by atoms with Gasteiger partial charge in [-0.1, -0.05) is 45.2 Å². The third-order valence-corrected chi connectivity index (χ3v) is 2.70. The average Bonchev–Trinajstić information content (AvgIpc) is 2.44. The molecular formula is C16H20N2O3. The van der Waals surface area contributed by atoms with Crippen molar-refractivity contribution in [2.75, 3.05) is 0 Å². The number of hydrogen-bond acceptors (Lipinski definition) is 3. The summed E-state index contributed by atoms with van der Waals surface area (Å²) in [4.78, 5) is 19.2. The van der Waals surface area contributed by atoms with E-state index in [0.29, 0.717) is 0 Å². The number of nitrogens with two attached hydrogens (primary N) is 1. The molecule has 0 bridgehead atoms. The Labute approximate surface area is 124 Å². The molecule has 1 rings (SSSR count). The number of amides is 1. The predicted molar refractivity (Wildman–Crippen MR) is 85.8 cm³/mol. The topological polar surface area (TPSA) is 86.2 Å². The number of nitrogens with zero attached hydrogens (tertiary/aromatic N) is 1. The van der Waals surface area contributed by atoms with Crippen molar-refractivity contribution in [1.29, 1.82) is 0 Å². The van der Waals surface area contributed by atoms with Gasteiger partial charge < -0.3 is 5.73 Å². The second-order valence-electron chi connectivity index (χ2n) is 4.38. The molecule has 0 radical (unpaired) electrons. The van der Waals surface area contributed by atoms with Crippen LogP contribution in [0.5, 0.6) is 0 Å². The highest BCUT2D eigenvalue weighted by Crippen LogP contribution is 2.29. The van der Waals surface area contributed by atoms with Gasteiger partial charge >= 0.3 is 0 Å². The third kappa shape index (κ3) is 5.44. The summed E-state index contributed by atoms with van der Waals surface area (Å²) in [7, 11) is 0. The summed E-state index contributed by atoms with van der Waals surface area (Å²) in [5.74, 6) is 0.0974. The lowest BCUT2D eigenvalue weighted by atomic mass is 9.95. The van der Waals surface area contributed by atoms with E-state index in [1.807, 2.05) is 26.0 Å². The van der Waals surface area contributed by atoms with E-state index in [2.05, 4.69) is 18.9 Å². The molecule has 0 aliphatic heterocycles. The number of rotatable bonds is 5. The van der Waals surface area contributed by atoms with Crippen LogP contribution in [-0.4, -0.2) is 11.3 Å². The molecule has 0 aliphatic carbocycles. The smallest absolute Gasteiger partial charge is 0.272 e. The second-order valence-corrected chi connectivity index (χ2v) is 4.38. The number of carbonyl (C=O) groups is 1. The van der Waals surface area contributed by atoms with Crippen molar-refractivity contribution in [3.63, 3.8) is 0 Å². The Kier molecular flexibility index (Phi) is 8.07. The van der Waals surface area contributed by atoms with Crippen molar-refractivity contribution in [3.8, 4) is 0 Å². The van der Waals surface area contributed by atoms with Gasteiger partial charge in [-0.2, -0.15) is 0 Å². The Bertz CT molecular complexity index is 561. The van der Waals surface area contributed by atoms with E-state index in [4.69, 9.17) is 4.79 Å². The molecule has 0 spiro atoms. The van der Waals surface area contributed by atoms with E-state index in [1.54, 1.807) is 24.3 Å². The Balaban J connectivity index is 0.00000122. The maximum absolute atomic E-state index is 11.0. The Hall–Kier alpha value is -2.69. The number of hydrogen-bond donors (Lipinski definition) is 1. The monoisotopic (exact) mass is 288 g/mol. The molecule has 5 heteroatoms. The molecule has 0 heterocycles. The van der Waals surface area contributed by atoms with Crippen LogP contribution in [0.15, 0.2) is 49.6 Å². The van der Waals surface area contributed by atoms with Crippen LogP contribution in [0.1, 0.15) is 30.9 Å². The molecule has 21 heavy (non-hydrogen) atoms. The van der Waals surface area contributed by atoms with Gasteiger partial charge in [0.15, 0.2) is 0 Å². The van der Waals surface area contributed by atoms with Crippen LogP contribution in [0.3, 0.4) is 0 Å². The molecule has 1 aromatic rings. The first-order chi connectivity index (χ1) is 9.92. The van der Waals surface area contributed by atoms with Crippen molar-refractivity contribution in [2.24, 2.45) is 5.73 Å².